The van der Waals surface area contributed by atoms with Gasteiger partial charge in [-0.25, -0.2) is 0 Å². The lowest BCUT2D eigenvalue weighted by molar-refractivity contribution is -0.000970. The van der Waals surface area contributed by atoms with Crippen molar-refractivity contribution in [3.8, 4) is 0 Å². The molecule has 0 unspecified atom stereocenters. The predicted molar refractivity (Wildman–Crippen MR) is 68.7 cm³/mol. The van der Waals surface area contributed by atoms with Crippen LogP contribution >= 0.6 is 0 Å². The summed E-state index contributed by atoms with van der Waals surface area (Å²) < 4.78 is 0. The third-order valence-electron chi connectivity index (χ3n) is 3.42. The molecule has 0 bridgehead atoms. The number of nitrogens with zero attached hydrogens (tertiary/aromatic N) is 1. The number of guanidine groups is 2. The van der Waals surface area contributed by atoms with Crippen LogP contribution in [0.5, 0.6) is 0 Å². The Labute approximate surface area is 102 Å². The van der Waals surface area contributed by atoms with Gasteiger partial charge in [0.1, 0.15) is 0 Å². The van der Waals surface area contributed by atoms with Crippen molar-refractivity contribution in [3.05, 3.63) is 0 Å². The van der Waals surface area contributed by atoms with Crippen LogP contribution in [0.15, 0.2) is 4.99 Å². The molecule has 17 heavy (non-hydrogen) atoms. The fourth-order valence-electron chi connectivity index (χ4n) is 2.19. The van der Waals surface area contributed by atoms with Crippen molar-refractivity contribution in [1.82, 2.24) is 5.32 Å². The van der Waals surface area contributed by atoms with Gasteiger partial charge in [-0.2, -0.15) is 0 Å². The molecular weight excluding hydrogens is 218 g/mol. The first-order valence-corrected chi connectivity index (χ1v) is 6.08. The van der Waals surface area contributed by atoms with Crippen LogP contribution in [-0.2, 0) is 0 Å². The summed E-state index contributed by atoms with van der Waals surface area (Å²) in [5.74, 6) is 0.573. The number of aliphatic imine (C=N–C) groups is 1. The molecule has 0 aromatic rings. The zero-order valence-corrected chi connectivity index (χ0v) is 10.4. The maximum absolute atomic E-state index is 10.3. The largest absolute Gasteiger partial charge is 0.388 e. The molecule has 0 saturated heterocycles. The van der Waals surface area contributed by atoms with E-state index in [0.29, 0.717) is 0 Å². The molecule has 6 heteroatoms. The molecule has 6 nitrogen and oxygen atoms in total. The molecule has 0 radical (unpaired) electrons. The van der Waals surface area contributed by atoms with Gasteiger partial charge >= 0.3 is 0 Å². The summed E-state index contributed by atoms with van der Waals surface area (Å²) in [4.78, 5) is 4.02. The van der Waals surface area contributed by atoms with Gasteiger partial charge in [-0.1, -0.05) is 13.3 Å². The van der Waals surface area contributed by atoms with E-state index in [-0.39, 0.29) is 18.5 Å². The molecule has 0 atom stereocenters. The van der Waals surface area contributed by atoms with Gasteiger partial charge in [0.15, 0.2) is 11.9 Å². The molecule has 0 aromatic carbocycles. The van der Waals surface area contributed by atoms with E-state index in [0.717, 1.165) is 31.6 Å². The fourth-order valence-corrected chi connectivity index (χ4v) is 2.19. The van der Waals surface area contributed by atoms with E-state index < -0.39 is 5.60 Å². The molecule has 0 heterocycles. The Kier molecular flexibility index (Phi) is 4.74. The quantitative estimate of drug-likeness (QED) is 0.356. The van der Waals surface area contributed by atoms with Gasteiger partial charge in [0.05, 0.1) is 12.1 Å². The summed E-state index contributed by atoms with van der Waals surface area (Å²) in [5.41, 5.74) is 9.89. The monoisotopic (exact) mass is 241 g/mol. The highest BCUT2D eigenvalue weighted by molar-refractivity contribution is 5.95. The molecule has 0 spiro atoms. The number of hydrogen-bond donors (Lipinski definition) is 5. The van der Waals surface area contributed by atoms with E-state index in [4.69, 9.17) is 16.9 Å². The maximum atomic E-state index is 10.3. The number of nitrogens with one attached hydrogen (secondary N) is 2. The van der Waals surface area contributed by atoms with Crippen LogP contribution in [0.1, 0.15) is 39.0 Å². The van der Waals surface area contributed by atoms with Crippen LogP contribution in [0.2, 0.25) is 0 Å². The van der Waals surface area contributed by atoms with Gasteiger partial charge in [0.25, 0.3) is 0 Å². The first-order chi connectivity index (χ1) is 7.95. The van der Waals surface area contributed by atoms with Gasteiger partial charge in [0, 0.05) is 0 Å². The molecule has 1 saturated carbocycles. The predicted octanol–water partition coefficient (Wildman–Crippen LogP) is 0.115. The van der Waals surface area contributed by atoms with Gasteiger partial charge < -0.3 is 16.6 Å². The van der Waals surface area contributed by atoms with E-state index >= 15 is 0 Å². The van der Waals surface area contributed by atoms with Crippen molar-refractivity contribution < 1.29 is 5.11 Å². The van der Waals surface area contributed by atoms with Crippen molar-refractivity contribution in [2.24, 2.45) is 22.4 Å². The smallest absolute Gasteiger partial charge is 0.195 e. The summed E-state index contributed by atoms with van der Waals surface area (Å²) in [6.45, 7) is 2.46. The lowest BCUT2D eigenvalue weighted by Crippen LogP contribution is -2.43. The Bertz CT molecular complexity index is 294. The second-order valence-electron chi connectivity index (χ2n) is 4.82. The molecule has 1 aliphatic carbocycles. The molecule has 0 aromatic heterocycles. The highest BCUT2D eigenvalue weighted by Crippen LogP contribution is 2.33. The van der Waals surface area contributed by atoms with Crippen molar-refractivity contribution >= 4 is 11.9 Å². The average Bonchev–Trinajstić information content (AvgIpc) is 2.27. The summed E-state index contributed by atoms with van der Waals surface area (Å²) >= 11 is 0. The maximum Gasteiger partial charge on any atom is 0.195 e. The summed E-state index contributed by atoms with van der Waals surface area (Å²) in [6, 6.07) is 0. The summed E-state index contributed by atoms with van der Waals surface area (Å²) in [5, 5.41) is 19.7. The SMILES string of the molecule is CCC1CCC(O)(CN=C(N)NC(=N)N)CC1. The Balaban J connectivity index is 2.43. The van der Waals surface area contributed by atoms with E-state index in [2.05, 4.69) is 17.2 Å². The normalized spacial score (nSPS) is 30.0. The number of rotatable bonds is 3. The van der Waals surface area contributed by atoms with Crippen molar-refractivity contribution in [2.75, 3.05) is 6.54 Å². The van der Waals surface area contributed by atoms with Crippen molar-refractivity contribution in [3.63, 3.8) is 0 Å². The minimum Gasteiger partial charge on any atom is -0.388 e. The van der Waals surface area contributed by atoms with E-state index in [1.165, 1.54) is 6.42 Å². The van der Waals surface area contributed by atoms with Gasteiger partial charge in [-0.05, 0) is 31.6 Å². The van der Waals surface area contributed by atoms with Crippen LogP contribution in [0.25, 0.3) is 0 Å². The average molecular weight is 241 g/mol. The highest BCUT2D eigenvalue weighted by atomic mass is 16.3. The summed E-state index contributed by atoms with van der Waals surface area (Å²) in [6.07, 6.45) is 4.79. The Morgan fingerprint density at radius 1 is 1.47 bits per heavy atom. The lowest BCUT2D eigenvalue weighted by Gasteiger charge is -2.34. The first-order valence-electron chi connectivity index (χ1n) is 6.08. The van der Waals surface area contributed by atoms with Crippen LogP contribution in [0.3, 0.4) is 0 Å². The molecule has 7 N–H and O–H groups in total. The van der Waals surface area contributed by atoms with Crippen LogP contribution in [0.4, 0.5) is 0 Å². The lowest BCUT2D eigenvalue weighted by atomic mass is 9.78. The minimum absolute atomic E-state index is 0.0866. The zero-order valence-electron chi connectivity index (χ0n) is 10.4. The molecular formula is C11H23N5O. The minimum atomic E-state index is -0.741. The van der Waals surface area contributed by atoms with Crippen LogP contribution in [0, 0.1) is 11.3 Å². The topological polar surface area (TPSA) is 121 Å². The Morgan fingerprint density at radius 3 is 2.53 bits per heavy atom. The third kappa shape index (κ3) is 4.60. The second kappa shape index (κ2) is 5.86. The molecule has 0 aliphatic heterocycles. The molecule has 1 aliphatic rings. The zero-order chi connectivity index (χ0) is 12.9. The molecule has 98 valence electrons. The molecule has 0 amide bonds. The number of hydrogen-bond acceptors (Lipinski definition) is 3. The first kappa shape index (κ1) is 13.8. The van der Waals surface area contributed by atoms with Gasteiger partial charge in [-0.3, -0.25) is 15.7 Å². The van der Waals surface area contributed by atoms with Crippen molar-refractivity contribution in [2.45, 2.75) is 44.6 Å². The molecule has 1 rings (SSSR count). The van der Waals surface area contributed by atoms with Gasteiger partial charge in [-0.15, -0.1) is 0 Å². The highest BCUT2D eigenvalue weighted by Gasteiger charge is 2.32. The van der Waals surface area contributed by atoms with E-state index in [1.54, 1.807) is 0 Å². The van der Waals surface area contributed by atoms with Crippen molar-refractivity contribution in [1.29, 1.82) is 5.41 Å². The Morgan fingerprint density at radius 2 is 2.06 bits per heavy atom. The number of aliphatic hydroxyl groups is 1. The second-order valence-corrected chi connectivity index (χ2v) is 4.82. The number of nitrogens with two attached hydrogens (primary N) is 2. The fraction of sp³-hybridized carbons (Fsp3) is 0.818. The summed E-state index contributed by atoms with van der Waals surface area (Å²) in [7, 11) is 0. The molecule has 1 fully saturated rings. The van der Waals surface area contributed by atoms with Crippen LogP contribution in [-0.4, -0.2) is 29.2 Å². The van der Waals surface area contributed by atoms with E-state index in [1.807, 2.05) is 0 Å². The van der Waals surface area contributed by atoms with E-state index in [9.17, 15) is 5.11 Å². The Hall–Kier alpha value is -1.30. The van der Waals surface area contributed by atoms with Crippen LogP contribution < -0.4 is 16.8 Å². The van der Waals surface area contributed by atoms with Gasteiger partial charge in [0.2, 0.25) is 0 Å². The standard InChI is InChI=1S/C11H23N5O/c1-2-8-3-5-11(17,6-4-8)7-15-10(14)16-9(12)13/h8,17H,2-7H2,1H3,(H6,12,13,14,15,16). The third-order valence-corrected chi connectivity index (χ3v) is 3.42.